The van der Waals surface area contributed by atoms with Gasteiger partial charge in [-0.2, -0.15) is 0 Å². The summed E-state index contributed by atoms with van der Waals surface area (Å²) in [5.41, 5.74) is -1.98. The van der Waals surface area contributed by atoms with Gasteiger partial charge in [0, 0.05) is 5.56 Å². The molecule has 3 rings (SSSR count). The predicted molar refractivity (Wildman–Crippen MR) is 74.2 cm³/mol. The Bertz CT molecular complexity index is 780. The van der Waals surface area contributed by atoms with Gasteiger partial charge >= 0.3 is 23.5 Å². The zero-order valence-electron chi connectivity index (χ0n) is 11.1. The number of esters is 1. The van der Waals surface area contributed by atoms with Crippen LogP contribution in [0.15, 0.2) is 48.5 Å². The summed E-state index contributed by atoms with van der Waals surface area (Å²) in [5, 5.41) is 18.8. The smallest absolute Gasteiger partial charge is 0.365 e. The van der Waals surface area contributed by atoms with Crippen LogP contribution in [0.25, 0.3) is 11.1 Å². The summed E-state index contributed by atoms with van der Waals surface area (Å²) in [7, 11) is 0. The lowest BCUT2D eigenvalue weighted by atomic mass is 9.85. The first-order valence-corrected chi connectivity index (χ1v) is 6.37. The zero-order valence-corrected chi connectivity index (χ0v) is 11.1. The van der Waals surface area contributed by atoms with Crippen LogP contribution in [-0.4, -0.2) is 28.1 Å². The fourth-order valence-corrected chi connectivity index (χ4v) is 2.60. The maximum Gasteiger partial charge on any atom is 0.365 e. The van der Waals surface area contributed by atoms with E-state index in [1.54, 1.807) is 42.5 Å². The summed E-state index contributed by atoms with van der Waals surface area (Å²) >= 11 is 0. The number of carboxylic acid groups (broad SMARTS) is 2. The first kappa shape index (κ1) is 13.8. The van der Waals surface area contributed by atoms with Gasteiger partial charge in [0.1, 0.15) is 0 Å². The van der Waals surface area contributed by atoms with Crippen LogP contribution in [0.1, 0.15) is 15.9 Å². The van der Waals surface area contributed by atoms with Gasteiger partial charge in [0.25, 0.3) is 0 Å². The van der Waals surface area contributed by atoms with Gasteiger partial charge in [-0.25, -0.2) is 14.4 Å². The number of carbonyl (C=O) groups excluding carboxylic acids is 1. The minimum atomic E-state index is -2.72. The summed E-state index contributed by atoms with van der Waals surface area (Å²) in [6, 6.07) is 13.1. The molecule has 0 spiro atoms. The largest absolute Gasteiger partial charge is 0.478 e. The number of benzene rings is 2. The molecular formula is C16H10O6. The molecule has 0 aromatic heterocycles. The standard InChI is InChI=1S/C16H10O6/c17-13-11-8-4-7-10(9-5-2-1-3-6-9)12(11)16(22-13,14(18)19)15(20)21/h1-8H,(H,18,19)(H,20,21). The normalized spacial score (nSPS) is 15.0. The highest BCUT2D eigenvalue weighted by Gasteiger charge is 2.60. The van der Waals surface area contributed by atoms with Gasteiger partial charge in [0.05, 0.1) is 5.56 Å². The van der Waals surface area contributed by atoms with Gasteiger partial charge in [0.2, 0.25) is 0 Å². The Morgan fingerprint density at radius 2 is 1.45 bits per heavy atom. The SMILES string of the molecule is O=C1OC(C(=O)O)(C(=O)O)c2c1cccc2-c1ccccc1. The molecule has 0 radical (unpaired) electrons. The maximum atomic E-state index is 11.9. The van der Waals surface area contributed by atoms with E-state index >= 15 is 0 Å². The Hall–Kier alpha value is -3.15. The average Bonchev–Trinajstić information content (AvgIpc) is 2.83. The third-order valence-corrected chi connectivity index (χ3v) is 3.57. The number of aliphatic carboxylic acids is 2. The van der Waals surface area contributed by atoms with Crippen LogP contribution in [0.3, 0.4) is 0 Å². The maximum absolute atomic E-state index is 11.9. The first-order chi connectivity index (χ1) is 10.5. The Kier molecular flexibility index (Phi) is 2.95. The van der Waals surface area contributed by atoms with Crippen LogP contribution in [-0.2, 0) is 19.9 Å². The van der Waals surface area contributed by atoms with Crippen molar-refractivity contribution in [3.05, 3.63) is 59.7 Å². The van der Waals surface area contributed by atoms with Crippen molar-refractivity contribution in [1.29, 1.82) is 0 Å². The van der Waals surface area contributed by atoms with E-state index < -0.39 is 23.5 Å². The molecule has 0 atom stereocenters. The van der Waals surface area contributed by atoms with Gasteiger partial charge < -0.3 is 14.9 Å². The van der Waals surface area contributed by atoms with Crippen LogP contribution < -0.4 is 0 Å². The van der Waals surface area contributed by atoms with Crippen molar-refractivity contribution < 1.29 is 29.3 Å². The quantitative estimate of drug-likeness (QED) is 0.663. The average molecular weight is 298 g/mol. The highest BCUT2D eigenvalue weighted by Crippen LogP contribution is 2.43. The van der Waals surface area contributed by atoms with Gasteiger partial charge in [-0.1, -0.05) is 42.5 Å². The molecule has 0 saturated carbocycles. The lowest BCUT2D eigenvalue weighted by Crippen LogP contribution is -2.44. The van der Waals surface area contributed by atoms with E-state index in [1.165, 1.54) is 6.07 Å². The van der Waals surface area contributed by atoms with Crippen molar-refractivity contribution >= 4 is 17.9 Å². The molecule has 22 heavy (non-hydrogen) atoms. The van der Waals surface area contributed by atoms with E-state index in [1.807, 2.05) is 0 Å². The predicted octanol–water partition coefficient (Wildman–Crippen LogP) is 1.89. The van der Waals surface area contributed by atoms with E-state index in [2.05, 4.69) is 0 Å². The van der Waals surface area contributed by atoms with E-state index in [9.17, 15) is 24.6 Å². The monoisotopic (exact) mass is 298 g/mol. The minimum absolute atomic E-state index is 0.0499. The third-order valence-electron chi connectivity index (χ3n) is 3.57. The Balaban J connectivity index is 2.38. The topological polar surface area (TPSA) is 101 Å². The number of hydrogen-bond acceptors (Lipinski definition) is 4. The second-order valence-corrected chi connectivity index (χ2v) is 4.78. The summed E-state index contributed by atoms with van der Waals surface area (Å²) in [6.07, 6.45) is 0. The zero-order chi connectivity index (χ0) is 15.9. The number of carbonyl (C=O) groups is 3. The lowest BCUT2D eigenvalue weighted by Gasteiger charge is -2.21. The summed E-state index contributed by atoms with van der Waals surface area (Å²) in [5.74, 6) is -4.44. The summed E-state index contributed by atoms with van der Waals surface area (Å²) < 4.78 is 4.77. The number of ether oxygens (including phenoxy) is 1. The molecule has 6 nitrogen and oxygen atoms in total. The molecule has 2 aromatic rings. The van der Waals surface area contributed by atoms with E-state index in [0.29, 0.717) is 11.1 Å². The molecule has 2 N–H and O–H groups in total. The Labute approximate surface area is 124 Å². The molecular weight excluding hydrogens is 288 g/mol. The van der Waals surface area contributed by atoms with Gasteiger partial charge in [-0.05, 0) is 17.2 Å². The molecule has 1 aliphatic heterocycles. The molecule has 0 bridgehead atoms. The Morgan fingerprint density at radius 1 is 0.864 bits per heavy atom. The third kappa shape index (κ3) is 1.70. The van der Waals surface area contributed by atoms with Crippen molar-refractivity contribution in [2.24, 2.45) is 0 Å². The fourth-order valence-electron chi connectivity index (χ4n) is 2.60. The van der Waals surface area contributed by atoms with Gasteiger partial charge in [-0.15, -0.1) is 0 Å². The number of hydrogen-bond donors (Lipinski definition) is 2. The molecule has 0 unspecified atom stereocenters. The first-order valence-electron chi connectivity index (χ1n) is 6.37. The van der Waals surface area contributed by atoms with Crippen LogP contribution in [0.4, 0.5) is 0 Å². The second-order valence-electron chi connectivity index (χ2n) is 4.78. The fraction of sp³-hybridized carbons (Fsp3) is 0.0625. The summed E-state index contributed by atoms with van der Waals surface area (Å²) in [6.45, 7) is 0. The van der Waals surface area contributed by atoms with E-state index in [-0.39, 0.29) is 11.1 Å². The van der Waals surface area contributed by atoms with Crippen molar-refractivity contribution in [2.75, 3.05) is 0 Å². The van der Waals surface area contributed by atoms with Crippen LogP contribution in [0, 0.1) is 0 Å². The molecule has 110 valence electrons. The van der Waals surface area contributed by atoms with E-state index in [0.717, 1.165) is 0 Å². The summed E-state index contributed by atoms with van der Waals surface area (Å²) in [4.78, 5) is 35.1. The number of cyclic esters (lactones) is 1. The van der Waals surface area contributed by atoms with Crippen LogP contribution >= 0.6 is 0 Å². The Morgan fingerprint density at radius 3 is 2.05 bits per heavy atom. The molecule has 0 fully saturated rings. The highest BCUT2D eigenvalue weighted by atomic mass is 16.6. The molecule has 2 aromatic carbocycles. The number of carboxylic acids is 2. The van der Waals surface area contributed by atoms with Gasteiger partial charge in [0.15, 0.2) is 0 Å². The van der Waals surface area contributed by atoms with Crippen molar-refractivity contribution in [3.63, 3.8) is 0 Å². The van der Waals surface area contributed by atoms with Crippen LogP contribution in [0.2, 0.25) is 0 Å². The minimum Gasteiger partial charge on any atom is -0.478 e. The molecule has 0 aliphatic carbocycles. The van der Waals surface area contributed by atoms with Gasteiger partial charge in [-0.3, -0.25) is 0 Å². The van der Waals surface area contributed by atoms with E-state index in [4.69, 9.17) is 4.74 Å². The molecule has 0 saturated heterocycles. The molecule has 6 heteroatoms. The second kappa shape index (κ2) is 4.70. The number of fused-ring (bicyclic) bond motifs is 1. The van der Waals surface area contributed by atoms with Crippen molar-refractivity contribution in [1.82, 2.24) is 0 Å². The lowest BCUT2D eigenvalue weighted by molar-refractivity contribution is -0.176. The molecule has 1 aliphatic rings. The highest BCUT2D eigenvalue weighted by molar-refractivity contribution is 6.13. The molecule has 0 amide bonds. The number of rotatable bonds is 3. The van der Waals surface area contributed by atoms with Crippen molar-refractivity contribution in [2.45, 2.75) is 5.60 Å². The molecule has 1 heterocycles. The van der Waals surface area contributed by atoms with Crippen molar-refractivity contribution in [3.8, 4) is 11.1 Å². The van der Waals surface area contributed by atoms with Crippen LogP contribution in [0.5, 0.6) is 0 Å².